The fourth-order valence-corrected chi connectivity index (χ4v) is 2.09. The Morgan fingerprint density at radius 2 is 2.20 bits per heavy atom. The summed E-state index contributed by atoms with van der Waals surface area (Å²) in [6, 6.07) is 7.49. The SMILES string of the molecule is Cc1ccc(OCC(=O)NCC2(O)CCOC2C)cc1. The second-order valence-corrected chi connectivity index (χ2v) is 5.25. The molecule has 2 atom stereocenters. The summed E-state index contributed by atoms with van der Waals surface area (Å²) in [4.78, 5) is 11.7. The van der Waals surface area contributed by atoms with E-state index in [1.807, 2.05) is 38.1 Å². The van der Waals surface area contributed by atoms with E-state index in [2.05, 4.69) is 5.32 Å². The van der Waals surface area contributed by atoms with Gasteiger partial charge in [-0.05, 0) is 26.0 Å². The Kier molecular flexibility index (Phi) is 4.62. The lowest BCUT2D eigenvalue weighted by atomic mass is 9.97. The van der Waals surface area contributed by atoms with Crippen LogP contribution in [0.1, 0.15) is 18.9 Å². The molecule has 5 nitrogen and oxygen atoms in total. The number of carbonyl (C=O) groups excluding carboxylic acids is 1. The van der Waals surface area contributed by atoms with Crippen molar-refractivity contribution in [2.24, 2.45) is 0 Å². The van der Waals surface area contributed by atoms with Gasteiger partial charge < -0.3 is 19.9 Å². The van der Waals surface area contributed by atoms with Crippen LogP contribution in [-0.4, -0.2) is 42.5 Å². The van der Waals surface area contributed by atoms with Crippen LogP contribution in [0.15, 0.2) is 24.3 Å². The molecule has 1 aliphatic rings. The predicted octanol–water partition coefficient (Wildman–Crippen LogP) is 1.03. The Morgan fingerprint density at radius 1 is 1.50 bits per heavy atom. The van der Waals surface area contributed by atoms with Crippen LogP contribution in [-0.2, 0) is 9.53 Å². The van der Waals surface area contributed by atoms with Gasteiger partial charge in [0.25, 0.3) is 5.91 Å². The van der Waals surface area contributed by atoms with Crippen LogP contribution in [0.25, 0.3) is 0 Å². The number of ether oxygens (including phenoxy) is 2. The van der Waals surface area contributed by atoms with Gasteiger partial charge in [0.05, 0.1) is 6.10 Å². The van der Waals surface area contributed by atoms with Crippen molar-refractivity contribution in [1.82, 2.24) is 5.32 Å². The van der Waals surface area contributed by atoms with Gasteiger partial charge in [0.15, 0.2) is 6.61 Å². The van der Waals surface area contributed by atoms with Crippen LogP contribution in [0.4, 0.5) is 0 Å². The zero-order valence-corrected chi connectivity index (χ0v) is 11.9. The molecular weight excluding hydrogens is 258 g/mol. The van der Waals surface area contributed by atoms with Gasteiger partial charge in [0.1, 0.15) is 11.4 Å². The lowest BCUT2D eigenvalue weighted by Crippen LogP contribution is -2.48. The molecule has 20 heavy (non-hydrogen) atoms. The number of amides is 1. The molecule has 110 valence electrons. The van der Waals surface area contributed by atoms with Gasteiger partial charge in [0, 0.05) is 19.6 Å². The Hall–Kier alpha value is -1.59. The van der Waals surface area contributed by atoms with E-state index in [0.29, 0.717) is 18.8 Å². The highest BCUT2D eigenvalue weighted by molar-refractivity contribution is 5.77. The lowest BCUT2D eigenvalue weighted by molar-refractivity contribution is -0.124. The first kappa shape index (κ1) is 14.8. The van der Waals surface area contributed by atoms with Crippen LogP contribution in [0, 0.1) is 6.92 Å². The normalized spacial score (nSPS) is 25.4. The maximum absolute atomic E-state index is 11.7. The molecule has 0 saturated carbocycles. The second-order valence-electron chi connectivity index (χ2n) is 5.25. The zero-order chi connectivity index (χ0) is 14.6. The summed E-state index contributed by atoms with van der Waals surface area (Å²) in [7, 11) is 0. The Balaban J connectivity index is 1.74. The van der Waals surface area contributed by atoms with Crippen molar-refractivity contribution < 1.29 is 19.4 Å². The molecule has 0 spiro atoms. The Labute approximate surface area is 118 Å². The molecule has 1 heterocycles. The Bertz CT molecular complexity index is 459. The van der Waals surface area contributed by atoms with Crippen molar-refractivity contribution in [3.8, 4) is 5.75 Å². The smallest absolute Gasteiger partial charge is 0.258 e. The molecule has 1 aromatic carbocycles. The van der Waals surface area contributed by atoms with Crippen molar-refractivity contribution in [3.63, 3.8) is 0 Å². The molecule has 1 aliphatic heterocycles. The molecule has 2 N–H and O–H groups in total. The molecule has 0 radical (unpaired) electrons. The molecule has 2 rings (SSSR count). The summed E-state index contributed by atoms with van der Waals surface area (Å²) >= 11 is 0. The Morgan fingerprint density at radius 3 is 2.80 bits per heavy atom. The van der Waals surface area contributed by atoms with E-state index >= 15 is 0 Å². The van der Waals surface area contributed by atoms with E-state index in [1.165, 1.54) is 0 Å². The van der Waals surface area contributed by atoms with E-state index in [1.54, 1.807) is 0 Å². The summed E-state index contributed by atoms with van der Waals surface area (Å²) < 4.78 is 10.7. The van der Waals surface area contributed by atoms with E-state index in [9.17, 15) is 9.90 Å². The number of hydrogen-bond acceptors (Lipinski definition) is 4. The highest BCUT2D eigenvalue weighted by Crippen LogP contribution is 2.24. The molecule has 1 aromatic rings. The minimum Gasteiger partial charge on any atom is -0.484 e. The van der Waals surface area contributed by atoms with Gasteiger partial charge in [-0.2, -0.15) is 0 Å². The summed E-state index contributed by atoms with van der Waals surface area (Å²) in [6.07, 6.45) is 0.272. The molecule has 0 aliphatic carbocycles. The molecule has 5 heteroatoms. The van der Waals surface area contributed by atoms with Crippen molar-refractivity contribution >= 4 is 5.91 Å². The first-order valence-electron chi connectivity index (χ1n) is 6.80. The highest BCUT2D eigenvalue weighted by atomic mass is 16.5. The lowest BCUT2D eigenvalue weighted by Gasteiger charge is -2.26. The molecule has 0 aromatic heterocycles. The van der Waals surface area contributed by atoms with E-state index in [-0.39, 0.29) is 25.2 Å². The molecule has 1 fully saturated rings. The average molecular weight is 279 g/mol. The minimum atomic E-state index is -0.973. The maximum atomic E-state index is 11.7. The molecule has 0 bridgehead atoms. The first-order chi connectivity index (χ1) is 9.49. The van der Waals surface area contributed by atoms with Crippen molar-refractivity contribution in [2.45, 2.75) is 32.0 Å². The monoisotopic (exact) mass is 279 g/mol. The van der Waals surface area contributed by atoms with Crippen LogP contribution in [0.2, 0.25) is 0 Å². The number of carbonyl (C=O) groups is 1. The fourth-order valence-electron chi connectivity index (χ4n) is 2.09. The molecule has 1 amide bonds. The predicted molar refractivity (Wildman–Crippen MR) is 74.7 cm³/mol. The number of nitrogens with one attached hydrogen (secondary N) is 1. The average Bonchev–Trinajstić information content (AvgIpc) is 2.76. The number of aliphatic hydroxyl groups is 1. The number of benzene rings is 1. The minimum absolute atomic E-state index is 0.0611. The third-order valence-electron chi connectivity index (χ3n) is 3.64. The second kappa shape index (κ2) is 6.24. The fraction of sp³-hybridized carbons (Fsp3) is 0.533. The summed E-state index contributed by atoms with van der Waals surface area (Å²) in [5, 5.41) is 12.9. The van der Waals surface area contributed by atoms with E-state index in [0.717, 1.165) is 5.56 Å². The summed E-state index contributed by atoms with van der Waals surface area (Å²) in [5.41, 5.74) is 0.165. The zero-order valence-electron chi connectivity index (χ0n) is 11.9. The largest absolute Gasteiger partial charge is 0.484 e. The first-order valence-corrected chi connectivity index (χ1v) is 6.80. The van der Waals surface area contributed by atoms with Crippen molar-refractivity contribution in [1.29, 1.82) is 0 Å². The van der Waals surface area contributed by atoms with Gasteiger partial charge in [-0.25, -0.2) is 0 Å². The molecule has 1 saturated heterocycles. The topological polar surface area (TPSA) is 67.8 Å². The maximum Gasteiger partial charge on any atom is 0.258 e. The molecular formula is C15H21NO4. The summed E-state index contributed by atoms with van der Waals surface area (Å²) in [5.74, 6) is 0.403. The highest BCUT2D eigenvalue weighted by Gasteiger charge is 2.39. The van der Waals surface area contributed by atoms with Crippen molar-refractivity contribution in [2.75, 3.05) is 19.8 Å². The number of hydrogen-bond donors (Lipinski definition) is 2. The van der Waals surface area contributed by atoms with E-state index in [4.69, 9.17) is 9.47 Å². The summed E-state index contributed by atoms with van der Waals surface area (Å²) in [6.45, 7) is 4.44. The quantitative estimate of drug-likeness (QED) is 0.845. The van der Waals surface area contributed by atoms with Gasteiger partial charge in [-0.1, -0.05) is 17.7 Å². The van der Waals surface area contributed by atoms with Gasteiger partial charge >= 0.3 is 0 Å². The van der Waals surface area contributed by atoms with Crippen LogP contribution >= 0.6 is 0 Å². The van der Waals surface area contributed by atoms with Crippen molar-refractivity contribution in [3.05, 3.63) is 29.8 Å². The van der Waals surface area contributed by atoms with Gasteiger partial charge in [-0.15, -0.1) is 0 Å². The van der Waals surface area contributed by atoms with Crippen LogP contribution in [0.3, 0.4) is 0 Å². The number of rotatable bonds is 5. The van der Waals surface area contributed by atoms with E-state index < -0.39 is 5.60 Å². The standard InChI is InChI=1S/C15H21NO4/c1-11-3-5-13(6-4-11)20-9-14(17)16-10-15(18)7-8-19-12(15)2/h3-6,12,18H,7-10H2,1-2H3,(H,16,17). The van der Waals surface area contributed by atoms with Gasteiger partial charge in [0.2, 0.25) is 0 Å². The van der Waals surface area contributed by atoms with Gasteiger partial charge in [-0.3, -0.25) is 4.79 Å². The third-order valence-corrected chi connectivity index (χ3v) is 3.64. The third kappa shape index (κ3) is 3.71. The van der Waals surface area contributed by atoms with Crippen LogP contribution < -0.4 is 10.1 Å². The molecule has 2 unspecified atom stereocenters. The van der Waals surface area contributed by atoms with Crippen LogP contribution in [0.5, 0.6) is 5.75 Å². The number of aryl methyl sites for hydroxylation is 1.